The molecule has 0 unspecified atom stereocenters. The van der Waals surface area contributed by atoms with E-state index in [-0.39, 0.29) is 11.0 Å². The van der Waals surface area contributed by atoms with Gasteiger partial charge < -0.3 is 10.1 Å². The van der Waals surface area contributed by atoms with Gasteiger partial charge in [-0.1, -0.05) is 24.3 Å². The third-order valence-electron chi connectivity index (χ3n) is 3.41. The molecule has 0 aliphatic rings. The average molecular weight is 297 g/mol. The largest absolute Gasteiger partial charge is 0.507 e. The summed E-state index contributed by atoms with van der Waals surface area (Å²) < 4.78 is 0. The Labute approximate surface area is 124 Å². The number of phenols is 1. The highest BCUT2D eigenvalue weighted by Crippen LogP contribution is 2.35. The molecule has 0 bridgehead atoms. The van der Waals surface area contributed by atoms with Gasteiger partial charge in [0, 0.05) is 10.9 Å². The van der Waals surface area contributed by atoms with E-state index in [1.165, 1.54) is 0 Å². The van der Waals surface area contributed by atoms with Crippen LogP contribution in [0.15, 0.2) is 42.7 Å². The van der Waals surface area contributed by atoms with Crippen molar-refractivity contribution in [3.05, 3.63) is 48.0 Å². The number of nitrogens with zero attached hydrogens (tertiary/aromatic N) is 3. The van der Waals surface area contributed by atoms with Gasteiger partial charge in [0.25, 0.3) is 0 Å². The molecule has 0 atom stereocenters. The monoisotopic (exact) mass is 296 g/mol. The van der Waals surface area contributed by atoms with Crippen molar-refractivity contribution in [3.8, 4) is 17.0 Å². The predicted molar refractivity (Wildman–Crippen MR) is 81.3 cm³/mol. The minimum Gasteiger partial charge on any atom is -0.507 e. The van der Waals surface area contributed by atoms with Gasteiger partial charge in [0.05, 0.1) is 6.33 Å². The highest BCUT2D eigenvalue weighted by molar-refractivity contribution is 6.28. The van der Waals surface area contributed by atoms with Crippen LogP contribution in [-0.2, 0) is 0 Å². The summed E-state index contributed by atoms with van der Waals surface area (Å²) in [6, 6.07) is 11.1. The smallest absolute Gasteiger partial charge is 0.225 e. The molecular weight excluding hydrogens is 288 g/mol. The molecule has 4 rings (SSSR count). The van der Waals surface area contributed by atoms with Gasteiger partial charge in [-0.25, -0.2) is 9.97 Å². The van der Waals surface area contributed by atoms with Gasteiger partial charge in [0.2, 0.25) is 5.28 Å². The molecule has 0 amide bonds. The van der Waals surface area contributed by atoms with Gasteiger partial charge in [-0.05, 0) is 29.1 Å². The summed E-state index contributed by atoms with van der Waals surface area (Å²) in [5, 5.41) is 11.8. The van der Waals surface area contributed by atoms with E-state index in [0.29, 0.717) is 11.3 Å². The number of aromatic nitrogens is 4. The van der Waals surface area contributed by atoms with Gasteiger partial charge in [-0.3, -0.25) is 0 Å². The van der Waals surface area contributed by atoms with E-state index in [1.54, 1.807) is 12.4 Å². The van der Waals surface area contributed by atoms with Crippen LogP contribution >= 0.6 is 11.6 Å². The highest BCUT2D eigenvalue weighted by atomic mass is 35.5. The molecule has 2 N–H and O–H groups in total. The predicted octanol–water partition coefficient (Wildman–Crippen LogP) is 3.53. The summed E-state index contributed by atoms with van der Waals surface area (Å²) in [6.45, 7) is 0. The number of H-pyrrole nitrogens is 1. The second-order valence-corrected chi connectivity index (χ2v) is 4.96. The van der Waals surface area contributed by atoms with Crippen molar-refractivity contribution in [1.29, 1.82) is 0 Å². The Morgan fingerprint density at radius 3 is 2.67 bits per heavy atom. The number of imidazole rings is 1. The Hall–Kier alpha value is -2.66. The average Bonchev–Trinajstić information content (AvgIpc) is 2.95. The maximum Gasteiger partial charge on any atom is 0.225 e. The van der Waals surface area contributed by atoms with Gasteiger partial charge in [-0.15, -0.1) is 0 Å². The lowest BCUT2D eigenvalue weighted by Crippen LogP contribution is -1.92. The first-order valence-electron chi connectivity index (χ1n) is 6.32. The fraction of sp³-hybridized carbons (Fsp3) is 0. The Morgan fingerprint density at radius 1 is 1.00 bits per heavy atom. The number of rotatable bonds is 1. The van der Waals surface area contributed by atoms with Crippen molar-refractivity contribution in [3.63, 3.8) is 0 Å². The Morgan fingerprint density at radius 2 is 1.81 bits per heavy atom. The number of aromatic amines is 1. The van der Waals surface area contributed by atoms with Crippen LogP contribution in [0.3, 0.4) is 0 Å². The Bertz CT molecular complexity index is 980. The van der Waals surface area contributed by atoms with Crippen molar-refractivity contribution in [2.24, 2.45) is 0 Å². The lowest BCUT2D eigenvalue weighted by atomic mass is 10.0. The third-order valence-corrected chi connectivity index (χ3v) is 3.58. The fourth-order valence-electron chi connectivity index (χ4n) is 2.49. The molecule has 2 aromatic heterocycles. The normalized spacial score (nSPS) is 11.3. The van der Waals surface area contributed by atoms with Crippen molar-refractivity contribution < 1.29 is 5.11 Å². The molecule has 0 spiro atoms. The second-order valence-electron chi connectivity index (χ2n) is 4.62. The first kappa shape index (κ1) is 12.1. The summed E-state index contributed by atoms with van der Waals surface area (Å²) in [5.41, 5.74) is 2.76. The first-order chi connectivity index (χ1) is 10.2. The van der Waals surface area contributed by atoms with Gasteiger partial charge >= 0.3 is 0 Å². The van der Waals surface area contributed by atoms with E-state index in [1.807, 2.05) is 30.3 Å². The lowest BCUT2D eigenvalue weighted by Gasteiger charge is -2.08. The number of benzene rings is 2. The molecule has 21 heavy (non-hydrogen) atoms. The van der Waals surface area contributed by atoms with Crippen molar-refractivity contribution in [1.82, 2.24) is 19.9 Å². The van der Waals surface area contributed by atoms with Crippen LogP contribution in [0.4, 0.5) is 0 Å². The van der Waals surface area contributed by atoms with Crippen LogP contribution in [0.5, 0.6) is 5.75 Å². The topological polar surface area (TPSA) is 74.7 Å². The summed E-state index contributed by atoms with van der Waals surface area (Å²) in [4.78, 5) is 15.6. The summed E-state index contributed by atoms with van der Waals surface area (Å²) in [6.07, 6.45) is 1.56. The number of halogens is 1. The molecule has 2 heterocycles. The van der Waals surface area contributed by atoms with Gasteiger partial charge in [0.1, 0.15) is 17.0 Å². The number of aromatic hydroxyl groups is 1. The molecule has 4 aromatic rings. The van der Waals surface area contributed by atoms with Crippen LogP contribution in [-0.4, -0.2) is 25.0 Å². The van der Waals surface area contributed by atoms with Gasteiger partial charge in [-0.2, -0.15) is 4.98 Å². The van der Waals surface area contributed by atoms with Crippen molar-refractivity contribution in [2.45, 2.75) is 0 Å². The molecule has 0 fully saturated rings. The quantitative estimate of drug-likeness (QED) is 0.527. The van der Waals surface area contributed by atoms with E-state index in [0.717, 1.165) is 21.9 Å². The Kier molecular flexibility index (Phi) is 2.55. The van der Waals surface area contributed by atoms with E-state index in [9.17, 15) is 5.11 Å². The summed E-state index contributed by atoms with van der Waals surface area (Å²) in [7, 11) is 0. The number of fused-ring (bicyclic) bond motifs is 2. The van der Waals surface area contributed by atoms with Crippen molar-refractivity contribution >= 4 is 33.5 Å². The van der Waals surface area contributed by atoms with E-state index < -0.39 is 0 Å². The zero-order valence-corrected chi connectivity index (χ0v) is 11.5. The maximum absolute atomic E-state index is 9.99. The first-order valence-corrected chi connectivity index (χ1v) is 6.69. The van der Waals surface area contributed by atoms with E-state index >= 15 is 0 Å². The molecule has 5 nitrogen and oxygen atoms in total. The number of phenolic OH excluding ortho intramolecular Hbond substituents is 1. The standard InChI is InChI=1S/C15H9ClN4O/c16-15-19-12(13-14(20-15)18-7-17-13)10-5-6-11(21)9-4-2-1-3-8(9)10/h1-7,21H,(H,17,18,19,20). The van der Waals surface area contributed by atoms with E-state index in [4.69, 9.17) is 11.6 Å². The van der Waals surface area contributed by atoms with Crippen LogP contribution in [0.2, 0.25) is 5.28 Å². The SMILES string of the molecule is Oc1ccc(-c2nc(Cl)nc3nc[nH]c23)c2ccccc12. The van der Waals surface area contributed by atoms with E-state index in [2.05, 4.69) is 19.9 Å². The number of nitrogens with one attached hydrogen (secondary N) is 1. The minimum atomic E-state index is 0.141. The molecule has 0 aliphatic heterocycles. The molecular formula is C15H9ClN4O. The zero-order chi connectivity index (χ0) is 14.4. The van der Waals surface area contributed by atoms with Crippen LogP contribution in [0, 0.1) is 0 Å². The van der Waals surface area contributed by atoms with Crippen LogP contribution in [0.1, 0.15) is 0 Å². The third kappa shape index (κ3) is 1.82. The Balaban J connectivity index is 2.14. The minimum absolute atomic E-state index is 0.141. The molecule has 0 saturated carbocycles. The zero-order valence-electron chi connectivity index (χ0n) is 10.7. The number of hydrogen-bond acceptors (Lipinski definition) is 4. The molecule has 0 saturated heterocycles. The summed E-state index contributed by atoms with van der Waals surface area (Å²) >= 11 is 5.99. The second kappa shape index (κ2) is 4.43. The maximum atomic E-state index is 9.99. The molecule has 2 aromatic carbocycles. The highest BCUT2D eigenvalue weighted by Gasteiger charge is 2.14. The molecule has 6 heteroatoms. The fourth-order valence-corrected chi connectivity index (χ4v) is 2.66. The van der Waals surface area contributed by atoms with Crippen LogP contribution in [0.25, 0.3) is 33.2 Å². The molecule has 102 valence electrons. The number of hydrogen-bond donors (Lipinski definition) is 2. The summed E-state index contributed by atoms with van der Waals surface area (Å²) in [5.74, 6) is 0.232. The molecule has 0 aliphatic carbocycles. The van der Waals surface area contributed by atoms with Crippen molar-refractivity contribution in [2.75, 3.05) is 0 Å². The lowest BCUT2D eigenvalue weighted by molar-refractivity contribution is 0.481. The van der Waals surface area contributed by atoms with Crippen LogP contribution < -0.4 is 0 Å². The molecule has 0 radical (unpaired) electrons. The van der Waals surface area contributed by atoms with Gasteiger partial charge in [0.15, 0.2) is 5.65 Å².